The number of aromatic nitrogens is 2. The predicted molar refractivity (Wildman–Crippen MR) is 94.2 cm³/mol. The monoisotopic (exact) mass is 350 g/mol. The van der Waals surface area contributed by atoms with Gasteiger partial charge in [-0.25, -0.2) is 0 Å². The van der Waals surface area contributed by atoms with Gasteiger partial charge in [-0.1, -0.05) is 0 Å². The van der Waals surface area contributed by atoms with Crippen LogP contribution in [0.1, 0.15) is 43.6 Å². The summed E-state index contributed by atoms with van der Waals surface area (Å²) in [6.45, 7) is 7.82. The Hall–Kier alpha value is -0.780. The minimum absolute atomic E-state index is 0. The van der Waals surface area contributed by atoms with Crippen LogP contribution in [0.3, 0.4) is 0 Å². The molecule has 2 rings (SSSR count). The van der Waals surface area contributed by atoms with Crippen molar-refractivity contribution in [1.82, 2.24) is 20.0 Å². The Bertz CT molecular complexity index is 478. The van der Waals surface area contributed by atoms with E-state index >= 15 is 0 Å². The third-order valence-corrected chi connectivity index (χ3v) is 4.11. The first kappa shape index (κ1) is 21.2. The molecule has 0 bridgehead atoms. The molecule has 1 saturated heterocycles. The molecule has 1 aliphatic rings. The zero-order valence-electron chi connectivity index (χ0n) is 13.8. The van der Waals surface area contributed by atoms with Gasteiger partial charge in [0, 0.05) is 31.2 Å². The summed E-state index contributed by atoms with van der Waals surface area (Å²) < 4.78 is 1.97. The first-order valence-electron chi connectivity index (χ1n) is 7.49. The second-order valence-corrected chi connectivity index (χ2v) is 5.89. The van der Waals surface area contributed by atoms with Gasteiger partial charge in [0.05, 0.1) is 11.7 Å². The fourth-order valence-corrected chi connectivity index (χ4v) is 3.00. The van der Waals surface area contributed by atoms with Crippen molar-refractivity contribution in [2.75, 3.05) is 20.1 Å². The minimum Gasteiger partial charge on any atom is -0.341 e. The van der Waals surface area contributed by atoms with E-state index in [-0.39, 0.29) is 36.8 Å². The first-order valence-corrected chi connectivity index (χ1v) is 7.49. The Morgan fingerprint density at radius 3 is 2.68 bits per heavy atom. The number of halogens is 2. The maximum absolute atomic E-state index is 12.4. The highest BCUT2D eigenvalue weighted by atomic mass is 35.5. The Morgan fingerprint density at radius 1 is 1.45 bits per heavy atom. The van der Waals surface area contributed by atoms with Crippen LogP contribution < -0.4 is 5.32 Å². The zero-order chi connectivity index (χ0) is 14.7. The number of likely N-dealkylation sites (N-methyl/N-ethyl adjacent to an activating group) is 1. The first-order chi connectivity index (χ1) is 9.51. The highest BCUT2D eigenvalue weighted by Crippen LogP contribution is 2.18. The molecule has 5 nitrogen and oxygen atoms in total. The van der Waals surface area contributed by atoms with Crippen LogP contribution in [0.2, 0.25) is 0 Å². The third kappa shape index (κ3) is 5.14. The van der Waals surface area contributed by atoms with Crippen LogP contribution in [0.25, 0.3) is 0 Å². The smallest absolute Gasteiger partial charge is 0.224 e. The molecule has 1 fully saturated rings. The number of piperidine rings is 1. The molecular formula is C15H28Cl2N4O. The van der Waals surface area contributed by atoms with Crippen molar-refractivity contribution < 1.29 is 4.79 Å². The third-order valence-electron chi connectivity index (χ3n) is 4.11. The van der Waals surface area contributed by atoms with Gasteiger partial charge in [-0.15, -0.1) is 24.8 Å². The van der Waals surface area contributed by atoms with Crippen LogP contribution >= 0.6 is 24.8 Å². The van der Waals surface area contributed by atoms with Gasteiger partial charge in [-0.05, 0) is 46.7 Å². The molecule has 2 atom stereocenters. The Morgan fingerprint density at radius 2 is 2.14 bits per heavy atom. The maximum Gasteiger partial charge on any atom is 0.224 e. The van der Waals surface area contributed by atoms with E-state index < -0.39 is 0 Å². The molecule has 0 aliphatic carbocycles. The molecule has 7 heteroatoms. The predicted octanol–water partition coefficient (Wildman–Crippen LogP) is 2.51. The second kappa shape index (κ2) is 9.38. The van der Waals surface area contributed by atoms with E-state index in [1.54, 1.807) is 0 Å². The van der Waals surface area contributed by atoms with Gasteiger partial charge >= 0.3 is 0 Å². The lowest BCUT2D eigenvalue weighted by Gasteiger charge is -2.33. The highest BCUT2D eigenvalue weighted by Gasteiger charge is 2.24. The molecule has 0 aromatic carbocycles. The summed E-state index contributed by atoms with van der Waals surface area (Å²) in [6, 6.07) is 2.61. The van der Waals surface area contributed by atoms with E-state index in [4.69, 9.17) is 0 Å². The van der Waals surface area contributed by atoms with Crippen molar-refractivity contribution in [1.29, 1.82) is 0 Å². The summed E-state index contributed by atoms with van der Waals surface area (Å²) in [4.78, 5) is 14.4. The molecule has 2 unspecified atom stereocenters. The summed E-state index contributed by atoms with van der Waals surface area (Å²) in [7, 11) is 1.97. The van der Waals surface area contributed by atoms with E-state index in [0.717, 1.165) is 37.3 Å². The number of hydrogen-bond donors (Lipinski definition) is 1. The number of nitrogens with zero attached hydrogens (tertiary/aromatic N) is 3. The average Bonchev–Trinajstić information content (AvgIpc) is 2.77. The number of rotatable bonds is 4. The fourth-order valence-electron chi connectivity index (χ4n) is 3.00. The minimum atomic E-state index is 0. The van der Waals surface area contributed by atoms with E-state index in [0.29, 0.717) is 12.5 Å². The summed E-state index contributed by atoms with van der Waals surface area (Å²) in [5.74, 6) is 0.241. The highest BCUT2D eigenvalue weighted by molar-refractivity contribution is 5.85. The van der Waals surface area contributed by atoms with Gasteiger partial charge in [-0.3, -0.25) is 9.48 Å². The largest absolute Gasteiger partial charge is 0.341 e. The Balaban J connectivity index is 0.00000220. The number of aryl methyl sites for hydroxylation is 2. The lowest BCUT2D eigenvalue weighted by atomic mass is 10.0. The number of amides is 1. The number of likely N-dealkylation sites (tertiary alicyclic amines) is 1. The maximum atomic E-state index is 12.4. The number of carbonyl (C=O) groups excluding carboxylic acids is 1. The topological polar surface area (TPSA) is 50.2 Å². The molecule has 1 aromatic rings. The Kier molecular flexibility index (Phi) is 9.05. The van der Waals surface area contributed by atoms with Crippen molar-refractivity contribution >= 4 is 30.7 Å². The number of nitrogens with one attached hydrogen (secondary N) is 1. The lowest BCUT2D eigenvalue weighted by Crippen LogP contribution is -2.47. The normalized spacial score (nSPS) is 19.1. The second-order valence-electron chi connectivity index (χ2n) is 5.89. The molecule has 22 heavy (non-hydrogen) atoms. The van der Waals surface area contributed by atoms with Crippen molar-refractivity contribution in [3.05, 3.63) is 17.5 Å². The number of hydrogen-bond acceptors (Lipinski definition) is 3. The summed E-state index contributed by atoms with van der Waals surface area (Å²) >= 11 is 0. The number of carbonyl (C=O) groups is 1. The van der Waals surface area contributed by atoms with E-state index in [1.165, 1.54) is 0 Å². The molecule has 1 aliphatic heterocycles. The molecule has 0 saturated carbocycles. The van der Waals surface area contributed by atoms with Crippen molar-refractivity contribution in [2.24, 2.45) is 0 Å². The Labute approximate surface area is 145 Å². The van der Waals surface area contributed by atoms with Crippen molar-refractivity contribution in [3.63, 3.8) is 0 Å². The van der Waals surface area contributed by atoms with Crippen LogP contribution in [0.15, 0.2) is 6.07 Å². The molecular weight excluding hydrogens is 323 g/mol. The summed E-state index contributed by atoms with van der Waals surface area (Å²) in [5, 5.41) is 7.75. The summed E-state index contributed by atoms with van der Waals surface area (Å²) in [5.41, 5.74) is 2.13. The average molecular weight is 351 g/mol. The lowest BCUT2D eigenvalue weighted by molar-refractivity contribution is -0.133. The van der Waals surface area contributed by atoms with Crippen molar-refractivity contribution in [2.45, 2.75) is 52.1 Å². The van der Waals surface area contributed by atoms with Crippen LogP contribution in [0.5, 0.6) is 0 Å². The van der Waals surface area contributed by atoms with Gasteiger partial charge in [0.25, 0.3) is 0 Å². The van der Waals surface area contributed by atoms with E-state index in [1.807, 2.05) is 30.5 Å². The van der Waals surface area contributed by atoms with E-state index in [2.05, 4.69) is 23.4 Å². The van der Waals surface area contributed by atoms with Gasteiger partial charge in [-0.2, -0.15) is 5.10 Å². The quantitative estimate of drug-likeness (QED) is 0.907. The van der Waals surface area contributed by atoms with Gasteiger partial charge in [0.15, 0.2) is 0 Å². The molecule has 2 heterocycles. The van der Waals surface area contributed by atoms with Crippen LogP contribution in [-0.2, 0) is 4.79 Å². The van der Waals surface area contributed by atoms with Gasteiger partial charge in [0.2, 0.25) is 5.91 Å². The van der Waals surface area contributed by atoms with Crippen LogP contribution in [0, 0.1) is 13.8 Å². The molecule has 0 spiro atoms. The molecule has 128 valence electrons. The molecule has 1 N–H and O–H groups in total. The fraction of sp³-hybridized carbons (Fsp3) is 0.733. The molecule has 1 aromatic heterocycles. The molecule has 0 radical (unpaired) electrons. The van der Waals surface area contributed by atoms with Crippen LogP contribution in [0.4, 0.5) is 0 Å². The van der Waals surface area contributed by atoms with E-state index in [9.17, 15) is 4.79 Å². The standard InChI is InChI=1S/C15H26N4O.2ClH/c1-11-8-12(2)19(17-11)13(3)9-15(20)18-7-5-6-14(10-18)16-4;;/h8,13-14,16H,5-7,9-10H2,1-4H3;2*1H. The van der Waals surface area contributed by atoms with Gasteiger partial charge in [0.1, 0.15) is 0 Å². The van der Waals surface area contributed by atoms with Crippen molar-refractivity contribution in [3.8, 4) is 0 Å². The SMILES string of the molecule is CNC1CCCN(C(=O)CC(C)n2nc(C)cc2C)C1.Cl.Cl. The molecule has 1 amide bonds. The summed E-state index contributed by atoms with van der Waals surface area (Å²) in [6.07, 6.45) is 2.78. The van der Waals surface area contributed by atoms with Gasteiger partial charge < -0.3 is 10.2 Å². The van der Waals surface area contributed by atoms with Crippen LogP contribution in [-0.4, -0.2) is 46.8 Å². The zero-order valence-corrected chi connectivity index (χ0v) is 15.5.